The first kappa shape index (κ1) is 43.0. The largest absolute Gasteiger partial charge is 0.528 e. The molecule has 3 atom stereocenters. The minimum absolute atomic E-state index is 0.0947. The summed E-state index contributed by atoms with van der Waals surface area (Å²) in [7, 11) is 0.489. The zero-order chi connectivity index (χ0) is 40.1. The molecule has 0 amide bonds. The van der Waals surface area contributed by atoms with Crippen LogP contribution in [0.5, 0.6) is 17.2 Å². The lowest BCUT2D eigenvalue weighted by Crippen LogP contribution is -2.52. The number of rotatable bonds is 19. The van der Waals surface area contributed by atoms with E-state index in [1.165, 1.54) is 5.06 Å². The Balaban J connectivity index is 1.20. The van der Waals surface area contributed by atoms with Crippen molar-refractivity contribution in [1.82, 2.24) is 5.06 Å². The Morgan fingerprint density at radius 2 is 1.57 bits per heavy atom. The van der Waals surface area contributed by atoms with Crippen molar-refractivity contribution in [3.63, 3.8) is 0 Å². The summed E-state index contributed by atoms with van der Waals surface area (Å²) >= 11 is 0. The summed E-state index contributed by atoms with van der Waals surface area (Å²) in [6.07, 6.45) is -1.53. The van der Waals surface area contributed by atoms with E-state index in [4.69, 9.17) is 38.0 Å². The zero-order valence-corrected chi connectivity index (χ0v) is 35.0. The molecule has 1 heterocycles. The molecule has 4 aromatic carbocycles. The highest BCUT2D eigenvalue weighted by atomic mass is 28.3. The molecule has 1 aliphatic heterocycles. The van der Waals surface area contributed by atoms with E-state index in [2.05, 4.69) is 31.8 Å². The van der Waals surface area contributed by atoms with E-state index in [9.17, 15) is 9.90 Å². The number of β-amino-alcohol motifs (C(OH)–C–C–N with tert-alkyl or cyclic N) is 1. The molecule has 12 heteroatoms. The Hall–Kier alpha value is -4.17. The van der Waals surface area contributed by atoms with Gasteiger partial charge in [0, 0.05) is 32.6 Å². The highest BCUT2D eigenvalue weighted by molar-refractivity contribution is 6.76. The third-order valence-corrected chi connectivity index (χ3v) is 10.9. The second kappa shape index (κ2) is 20.3. The van der Waals surface area contributed by atoms with E-state index in [0.717, 1.165) is 51.4 Å². The van der Waals surface area contributed by atoms with Crippen LogP contribution < -0.4 is 14.2 Å². The second-order valence-corrected chi connectivity index (χ2v) is 21.9. The van der Waals surface area contributed by atoms with Gasteiger partial charge in [0.15, 0.2) is 6.79 Å². The maximum Gasteiger partial charge on any atom is 0.528 e. The van der Waals surface area contributed by atoms with Crippen LogP contribution >= 0.6 is 0 Å². The van der Waals surface area contributed by atoms with Gasteiger partial charge in [-0.25, -0.2) is 4.79 Å². The summed E-state index contributed by atoms with van der Waals surface area (Å²) in [4.78, 5) is 18.1. The molecule has 1 N–H and O–H groups in total. The molecule has 304 valence electrons. The van der Waals surface area contributed by atoms with Gasteiger partial charge >= 0.3 is 6.16 Å². The summed E-state index contributed by atoms with van der Waals surface area (Å²) in [5.74, 6) is 1.87. The number of hydrogen-bond acceptors (Lipinski definition) is 11. The molecule has 56 heavy (non-hydrogen) atoms. The Morgan fingerprint density at radius 1 is 0.821 bits per heavy atom. The standard InChI is InChI=1S/C44H59NO10Si/c1-44(2,3)54-43(47)55-45-27-39(46)42(34-16-18-37(19-17-34)51-22-10-21-49-30-35-11-8-9-12-40(35)48-4)41(28-45)52-29-32-13-14-33-15-20-38(26-36(33)25-32)53-31-50-23-24-56(5,6)7/h8-9,11-20,25-26,39,41-42,46H,10,21-24,27-31H2,1-7H3. The van der Waals surface area contributed by atoms with Crippen molar-refractivity contribution in [1.29, 1.82) is 0 Å². The Morgan fingerprint density at radius 3 is 2.32 bits per heavy atom. The van der Waals surface area contributed by atoms with Gasteiger partial charge in [0.2, 0.25) is 0 Å². The van der Waals surface area contributed by atoms with Crippen LogP contribution in [0.4, 0.5) is 4.79 Å². The van der Waals surface area contributed by atoms with Crippen LogP contribution in [0.15, 0.2) is 84.9 Å². The first-order valence-electron chi connectivity index (χ1n) is 19.4. The SMILES string of the molecule is COc1ccccc1COCCCOc1ccc(C2C(O)CN(OC(=O)OC(C)(C)C)CC2OCc2ccc3ccc(OCOCC[Si](C)(C)C)cc3c2)cc1. The summed E-state index contributed by atoms with van der Waals surface area (Å²) in [5.41, 5.74) is 2.12. The molecule has 3 unspecified atom stereocenters. The molecule has 0 spiro atoms. The number of methoxy groups -OCH3 is 1. The highest BCUT2D eigenvalue weighted by Gasteiger charge is 2.40. The van der Waals surface area contributed by atoms with E-state index >= 15 is 0 Å². The molecule has 0 radical (unpaired) electrons. The number of benzene rings is 4. The highest BCUT2D eigenvalue weighted by Crippen LogP contribution is 2.33. The minimum Gasteiger partial charge on any atom is -0.496 e. The summed E-state index contributed by atoms with van der Waals surface area (Å²) < 4.78 is 40.8. The summed E-state index contributed by atoms with van der Waals surface area (Å²) in [5, 5.41) is 15.0. The van der Waals surface area contributed by atoms with Crippen molar-refractivity contribution in [2.45, 2.75) is 89.8 Å². The number of hydroxylamine groups is 2. The first-order chi connectivity index (χ1) is 26.8. The molecule has 0 saturated carbocycles. The lowest BCUT2D eigenvalue weighted by atomic mass is 9.85. The lowest BCUT2D eigenvalue weighted by Gasteiger charge is -2.40. The van der Waals surface area contributed by atoms with E-state index in [1.54, 1.807) is 27.9 Å². The lowest BCUT2D eigenvalue weighted by molar-refractivity contribution is -0.201. The zero-order valence-electron chi connectivity index (χ0n) is 34.0. The smallest absolute Gasteiger partial charge is 0.496 e. The Bertz CT molecular complexity index is 1820. The van der Waals surface area contributed by atoms with Crippen LogP contribution in [-0.4, -0.2) is 89.0 Å². The fraction of sp³-hybridized carbons (Fsp3) is 0.477. The number of carbonyl (C=O) groups is 1. The molecule has 5 rings (SSSR count). The Labute approximate surface area is 332 Å². The molecule has 1 aliphatic rings. The van der Waals surface area contributed by atoms with Gasteiger partial charge in [0.25, 0.3) is 0 Å². The van der Waals surface area contributed by atoms with Crippen LogP contribution in [0.1, 0.15) is 49.8 Å². The quantitative estimate of drug-likeness (QED) is 0.0426. The van der Waals surface area contributed by atoms with Gasteiger partial charge in [-0.1, -0.05) is 68.2 Å². The molecule has 1 fully saturated rings. The van der Waals surface area contributed by atoms with E-state index < -0.39 is 38.0 Å². The predicted molar refractivity (Wildman–Crippen MR) is 219 cm³/mol. The molecular formula is C44H59NO10Si. The normalized spacial score (nSPS) is 17.8. The molecule has 4 aromatic rings. The fourth-order valence-corrected chi connectivity index (χ4v) is 7.10. The maximum absolute atomic E-state index is 12.6. The minimum atomic E-state index is -1.17. The van der Waals surface area contributed by atoms with Gasteiger partial charge in [0.05, 0.1) is 58.8 Å². The van der Waals surface area contributed by atoms with Gasteiger partial charge in [-0.15, -0.1) is 5.06 Å². The number of hydrogen-bond donors (Lipinski definition) is 1. The number of para-hydroxylation sites is 1. The van der Waals surface area contributed by atoms with Crippen LogP contribution in [0, 0.1) is 0 Å². The fourth-order valence-electron chi connectivity index (χ4n) is 6.35. The number of fused-ring (bicyclic) bond motifs is 1. The predicted octanol–water partition coefficient (Wildman–Crippen LogP) is 8.74. The third-order valence-electron chi connectivity index (χ3n) is 9.24. The van der Waals surface area contributed by atoms with Crippen molar-refractivity contribution in [3.05, 3.63) is 102 Å². The van der Waals surface area contributed by atoms with E-state index in [0.29, 0.717) is 32.2 Å². The maximum atomic E-state index is 12.6. The van der Waals surface area contributed by atoms with Gasteiger partial charge in [-0.2, -0.15) is 0 Å². The average Bonchev–Trinajstić information content (AvgIpc) is 3.14. The number of piperidine rings is 1. The van der Waals surface area contributed by atoms with E-state index in [1.807, 2.05) is 72.8 Å². The molecule has 0 aromatic heterocycles. The number of nitrogens with zero attached hydrogens (tertiary/aromatic N) is 1. The summed E-state index contributed by atoms with van der Waals surface area (Å²) in [6, 6.07) is 28.7. The second-order valence-electron chi connectivity index (χ2n) is 16.3. The van der Waals surface area contributed by atoms with Crippen LogP contribution in [0.25, 0.3) is 10.8 Å². The van der Waals surface area contributed by atoms with Crippen molar-refractivity contribution in [2.24, 2.45) is 0 Å². The first-order valence-corrected chi connectivity index (χ1v) is 23.1. The van der Waals surface area contributed by atoms with Crippen molar-refractivity contribution >= 4 is 25.0 Å². The topological polar surface area (TPSA) is 114 Å². The van der Waals surface area contributed by atoms with Crippen molar-refractivity contribution < 1.29 is 47.9 Å². The third kappa shape index (κ3) is 13.8. The average molecular weight is 790 g/mol. The molecule has 11 nitrogen and oxygen atoms in total. The van der Waals surface area contributed by atoms with Crippen LogP contribution in [0.3, 0.4) is 0 Å². The van der Waals surface area contributed by atoms with Crippen LogP contribution in [0.2, 0.25) is 25.7 Å². The molecular weight excluding hydrogens is 731 g/mol. The van der Waals surface area contributed by atoms with Crippen LogP contribution in [-0.2, 0) is 37.0 Å². The molecule has 0 bridgehead atoms. The summed E-state index contributed by atoms with van der Waals surface area (Å²) in [6.45, 7) is 15.3. The number of ether oxygens (including phenoxy) is 7. The number of aliphatic hydroxyl groups is 1. The van der Waals surface area contributed by atoms with Gasteiger partial charge < -0.3 is 43.1 Å². The van der Waals surface area contributed by atoms with Crippen molar-refractivity contribution in [3.8, 4) is 17.2 Å². The molecule has 1 saturated heterocycles. The Kier molecular flexibility index (Phi) is 15.6. The number of carbonyl (C=O) groups excluding carboxylic acids is 1. The van der Waals surface area contributed by atoms with Gasteiger partial charge in [-0.05, 0) is 85.1 Å². The number of aliphatic hydroxyl groups excluding tert-OH is 1. The van der Waals surface area contributed by atoms with Crippen molar-refractivity contribution in [2.75, 3.05) is 46.8 Å². The monoisotopic (exact) mass is 789 g/mol. The van der Waals surface area contributed by atoms with Gasteiger partial charge in [-0.3, -0.25) is 0 Å². The van der Waals surface area contributed by atoms with E-state index in [-0.39, 0.29) is 26.5 Å². The molecule has 0 aliphatic carbocycles. The van der Waals surface area contributed by atoms with Gasteiger partial charge in [0.1, 0.15) is 22.8 Å².